The van der Waals surface area contributed by atoms with Crippen LogP contribution in [0.1, 0.15) is 39.5 Å². The third-order valence-electron chi connectivity index (χ3n) is 5.17. The number of piperidine rings is 1. The summed E-state index contributed by atoms with van der Waals surface area (Å²) in [7, 11) is 0. The molecule has 0 bridgehead atoms. The van der Waals surface area contributed by atoms with Crippen molar-refractivity contribution in [1.29, 1.82) is 0 Å². The van der Waals surface area contributed by atoms with Crippen molar-refractivity contribution < 1.29 is 4.74 Å². The van der Waals surface area contributed by atoms with Gasteiger partial charge in [-0.2, -0.15) is 4.98 Å². The highest BCUT2D eigenvalue weighted by Gasteiger charge is 2.09. The molecule has 6 heteroatoms. The van der Waals surface area contributed by atoms with Crippen molar-refractivity contribution >= 4 is 17.5 Å². The van der Waals surface area contributed by atoms with Crippen LogP contribution in [-0.2, 0) is 0 Å². The average molecular weight is 384 g/mol. The van der Waals surface area contributed by atoms with Gasteiger partial charge in [0.15, 0.2) is 0 Å². The summed E-state index contributed by atoms with van der Waals surface area (Å²) >= 11 is 0. The van der Waals surface area contributed by atoms with Crippen molar-refractivity contribution in [2.24, 2.45) is 0 Å². The lowest BCUT2D eigenvalue weighted by atomic mass is 10.1. The number of anilines is 3. The van der Waals surface area contributed by atoms with Gasteiger partial charge >= 0.3 is 0 Å². The fourth-order valence-corrected chi connectivity index (χ4v) is 3.56. The van der Waals surface area contributed by atoms with Crippen LogP contribution in [0.3, 0.4) is 0 Å². The Morgan fingerprint density at radius 3 is 2.50 bits per heavy atom. The van der Waals surface area contributed by atoms with Crippen molar-refractivity contribution in [2.75, 3.05) is 49.5 Å². The minimum atomic E-state index is 0.611. The fourth-order valence-electron chi connectivity index (χ4n) is 3.56. The van der Waals surface area contributed by atoms with Gasteiger partial charge < -0.3 is 19.9 Å². The van der Waals surface area contributed by atoms with E-state index in [-0.39, 0.29) is 0 Å². The topological polar surface area (TPSA) is 53.5 Å². The first kappa shape index (κ1) is 20.4. The maximum Gasteiger partial charge on any atom is 0.229 e. The van der Waals surface area contributed by atoms with E-state index in [0.717, 1.165) is 49.9 Å². The smallest absolute Gasteiger partial charge is 0.229 e. The van der Waals surface area contributed by atoms with E-state index in [1.54, 1.807) is 6.20 Å². The Hall–Kier alpha value is -2.34. The van der Waals surface area contributed by atoms with Crippen molar-refractivity contribution in [3.8, 4) is 5.75 Å². The standard InChI is InChI=1S/C22H33N5O/c1-3-27(4-2)21-13-14-23-22(25-21)24-19-9-11-20(12-10-19)28-18-8-17-26-15-6-5-7-16-26/h9-14H,3-8,15-18H2,1-2H3,(H,23,24,25). The molecule has 3 rings (SSSR count). The van der Waals surface area contributed by atoms with Crippen molar-refractivity contribution in [2.45, 2.75) is 39.5 Å². The predicted molar refractivity (Wildman–Crippen MR) is 116 cm³/mol. The SMILES string of the molecule is CCN(CC)c1ccnc(Nc2ccc(OCCCN3CCCCC3)cc2)n1. The Kier molecular flexibility index (Phi) is 7.91. The number of likely N-dealkylation sites (tertiary alicyclic amines) is 1. The van der Waals surface area contributed by atoms with Crippen LogP contribution in [0.4, 0.5) is 17.5 Å². The lowest BCUT2D eigenvalue weighted by Gasteiger charge is -2.26. The predicted octanol–water partition coefficient (Wildman–Crippen LogP) is 4.32. The van der Waals surface area contributed by atoms with Crippen LogP contribution in [0.25, 0.3) is 0 Å². The van der Waals surface area contributed by atoms with E-state index >= 15 is 0 Å². The summed E-state index contributed by atoms with van der Waals surface area (Å²) < 4.78 is 5.89. The van der Waals surface area contributed by atoms with Gasteiger partial charge in [-0.25, -0.2) is 4.98 Å². The summed E-state index contributed by atoms with van der Waals surface area (Å²) in [6.07, 6.45) is 6.95. The van der Waals surface area contributed by atoms with Crippen LogP contribution in [-0.4, -0.2) is 54.2 Å². The van der Waals surface area contributed by atoms with Crippen LogP contribution < -0.4 is 15.0 Å². The second-order valence-electron chi connectivity index (χ2n) is 7.16. The molecule has 2 heterocycles. The molecule has 1 N–H and O–H groups in total. The van der Waals surface area contributed by atoms with Gasteiger partial charge in [-0.3, -0.25) is 0 Å². The van der Waals surface area contributed by atoms with Crippen LogP contribution >= 0.6 is 0 Å². The van der Waals surface area contributed by atoms with Gasteiger partial charge in [0.1, 0.15) is 11.6 Å². The van der Waals surface area contributed by atoms with Crippen LogP contribution in [0.5, 0.6) is 5.75 Å². The molecule has 1 aromatic carbocycles. The highest BCUT2D eigenvalue weighted by molar-refractivity contribution is 5.56. The minimum absolute atomic E-state index is 0.611. The van der Waals surface area contributed by atoms with Gasteiger partial charge in [0.25, 0.3) is 0 Å². The Labute approximate surface area is 168 Å². The Morgan fingerprint density at radius 1 is 1.04 bits per heavy atom. The molecule has 0 atom stereocenters. The second-order valence-corrected chi connectivity index (χ2v) is 7.16. The Morgan fingerprint density at radius 2 is 1.79 bits per heavy atom. The number of nitrogens with zero attached hydrogens (tertiary/aromatic N) is 4. The van der Waals surface area contributed by atoms with Gasteiger partial charge in [0, 0.05) is 31.5 Å². The van der Waals surface area contributed by atoms with E-state index in [0.29, 0.717) is 5.95 Å². The van der Waals surface area contributed by atoms with Crippen LogP contribution in [0.15, 0.2) is 36.5 Å². The van der Waals surface area contributed by atoms with E-state index in [2.05, 4.69) is 38.9 Å². The molecule has 0 aliphatic carbocycles. The van der Waals surface area contributed by atoms with E-state index in [1.807, 2.05) is 30.3 Å². The van der Waals surface area contributed by atoms with Gasteiger partial charge in [-0.15, -0.1) is 0 Å². The fraction of sp³-hybridized carbons (Fsp3) is 0.545. The third kappa shape index (κ3) is 6.09. The van der Waals surface area contributed by atoms with Crippen LogP contribution in [0, 0.1) is 0 Å². The summed E-state index contributed by atoms with van der Waals surface area (Å²) in [6, 6.07) is 9.95. The quantitative estimate of drug-likeness (QED) is 0.617. The summed E-state index contributed by atoms with van der Waals surface area (Å²) in [5.74, 6) is 2.46. The van der Waals surface area contributed by atoms with E-state index in [4.69, 9.17) is 4.74 Å². The first-order valence-corrected chi connectivity index (χ1v) is 10.6. The number of nitrogens with one attached hydrogen (secondary N) is 1. The van der Waals surface area contributed by atoms with E-state index in [9.17, 15) is 0 Å². The molecule has 152 valence electrons. The molecule has 0 spiro atoms. The van der Waals surface area contributed by atoms with E-state index < -0.39 is 0 Å². The maximum absolute atomic E-state index is 5.89. The third-order valence-corrected chi connectivity index (χ3v) is 5.17. The summed E-state index contributed by atoms with van der Waals surface area (Å²) in [6.45, 7) is 10.5. The molecule has 0 saturated carbocycles. The molecular weight excluding hydrogens is 350 g/mol. The summed E-state index contributed by atoms with van der Waals surface area (Å²) in [5.41, 5.74) is 0.956. The molecule has 1 aliphatic heterocycles. The number of rotatable bonds is 10. The minimum Gasteiger partial charge on any atom is -0.494 e. The van der Waals surface area contributed by atoms with Gasteiger partial charge in [-0.1, -0.05) is 6.42 Å². The maximum atomic E-state index is 5.89. The second kappa shape index (κ2) is 10.9. The first-order valence-electron chi connectivity index (χ1n) is 10.6. The summed E-state index contributed by atoms with van der Waals surface area (Å²) in [4.78, 5) is 13.7. The van der Waals surface area contributed by atoms with Crippen molar-refractivity contribution in [3.63, 3.8) is 0 Å². The number of benzene rings is 1. The number of hydrogen-bond donors (Lipinski definition) is 1. The monoisotopic (exact) mass is 383 g/mol. The molecule has 1 saturated heterocycles. The number of hydrogen-bond acceptors (Lipinski definition) is 6. The summed E-state index contributed by atoms with van der Waals surface area (Å²) in [5, 5.41) is 3.27. The lowest BCUT2D eigenvalue weighted by Crippen LogP contribution is -2.31. The molecule has 6 nitrogen and oxygen atoms in total. The Balaban J connectivity index is 1.45. The zero-order valence-corrected chi connectivity index (χ0v) is 17.2. The lowest BCUT2D eigenvalue weighted by molar-refractivity contribution is 0.205. The zero-order valence-electron chi connectivity index (χ0n) is 17.2. The van der Waals surface area contributed by atoms with Crippen molar-refractivity contribution in [1.82, 2.24) is 14.9 Å². The molecule has 1 fully saturated rings. The molecule has 0 radical (unpaired) electrons. The van der Waals surface area contributed by atoms with Gasteiger partial charge in [-0.05, 0) is 76.5 Å². The number of ether oxygens (including phenoxy) is 1. The zero-order chi connectivity index (χ0) is 19.6. The van der Waals surface area contributed by atoms with Crippen LogP contribution in [0.2, 0.25) is 0 Å². The van der Waals surface area contributed by atoms with Crippen molar-refractivity contribution in [3.05, 3.63) is 36.5 Å². The molecule has 0 unspecified atom stereocenters. The Bertz CT molecular complexity index is 696. The van der Waals surface area contributed by atoms with Gasteiger partial charge in [0.2, 0.25) is 5.95 Å². The number of aromatic nitrogens is 2. The van der Waals surface area contributed by atoms with Gasteiger partial charge in [0.05, 0.1) is 6.61 Å². The normalized spacial score (nSPS) is 14.6. The highest BCUT2D eigenvalue weighted by atomic mass is 16.5. The first-order chi connectivity index (χ1) is 13.8. The molecular formula is C22H33N5O. The largest absolute Gasteiger partial charge is 0.494 e. The molecule has 28 heavy (non-hydrogen) atoms. The average Bonchev–Trinajstić information content (AvgIpc) is 2.74. The molecule has 1 aromatic heterocycles. The van der Waals surface area contributed by atoms with E-state index in [1.165, 1.54) is 32.4 Å². The molecule has 0 amide bonds. The molecule has 2 aromatic rings. The molecule has 1 aliphatic rings. The highest BCUT2D eigenvalue weighted by Crippen LogP contribution is 2.20.